The van der Waals surface area contributed by atoms with Gasteiger partial charge in [0.2, 0.25) is 5.91 Å². The Bertz CT molecular complexity index is 881. The molecule has 2 saturated heterocycles. The molecule has 1 aromatic heterocycles. The third-order valence-corrected chi connectivity index (χ3v) is 6.32. The summed E-state index contributed by atoms with van der Waals surface area (Å²) in [5.74, 6) is -0.626. The number of nitrogens with one attached hydrogen (secondary N) is 1. The molecule has 0 saturated carbocycles. The zero-order valence-corrected chi connectivity index (χ0v) is 19.1. The van der Waals surface area contributed by atoms with Crippen LogP contribution >= 0.6 is 0 Å². The predicted octanol–water partition coefficient (Wildman–Crippen LogP) is 2.95. The van der Waals surface area contributed by atoms with E-state index < -0.39 is 11.9 Å². The molecule has 2 amide bonds. The number of nitrogens with zero attached hydrogens (tertiary/aromatic N) is 3. The highest BCUT2D eigenvalue weighted by atomic mass is 16.5. The van der Waals surface area contributed by atoms with Gasteiger partial charge >= 0.3 is 0 Å². The lowest BCUT2D eigenvalue weighted by molar-refractivity contribution is -0.136. The van der Waals surface area contributed by atoms with Gasteiger partial charge in [-0.25, -0.2) is 0 Å². The third kappa shape index (κ3) is 5.37. The molecule has 0 spiro atoms. The van der Waals surface area contributed by atoms with E-state index in [1.54, 1.807) is 11.0 Å². The molecular formula is C24H34N4O3. The molecule has 0 aromatic carbocycles. The van der Waals surface area contributed by atoms with Crippen molar-refractivity contribution in [3.8, 4) is 6.07 Å². The average Bonchev–Trinajstić information content (AvgIpc) is 3.49. The number of ether oxygens (including phenoxy) is 1. The van der Waals surface area contributed by atoms with Gasteiger partial charge in [0.05, 0.1) is 6.10 Å². The second kappa shape index (κ2) is 10.1. The maximum Gasteiger partial charge on any atom is 0.262 e. The fourth-order valence-electron chi connectivity index (χ4n) is 4.42. The lowest BCUT2D eigenvalue weighted by Crippen LogP contribution is -2.50. The fraction of sp³-hybridized carbons (Fsp3) is 0.625. The summed E-state index contributed by atoms with van der Waals surface area (Å²) in [6.45, 7) is 10.9. The van der Waals surface area contributed by atoms with Gasteiger partial charge in [0.25, 0.3) is 5.91 Å². The van der Waals surface area contributed by atoms with Gasteiger partial charge in [-0.15, -0.1) is 0 Å². The number of aromatic nitrogens is 1. The van der Waals surface area contributed by atoms with Crippen LogP contribution in [0.3, 0.4) is 0 Å². The van der Waals surface area contributed by atoms with Gasteiger partial charge in [0, 0.05) is 37.6 Å². The second-order valence-corrected chi connectivity index (χ2v) is 8.97. The van der Waals surface area contributed by atoms with Gasteiger partial charge in [-0.2, -0.15) is 5.26 Å². The summed E-state index contributed by atoms with van der Waals surface area (Å²) in [5, 5.41) is 12.5. The number of hydrogen-bond donors (Lipinski definition) is 1. The first-order chi connectivity index (χ1) is 14.8. The molecular weight excluding hydrogens is 392 g/mol. The number of hydrogen-bond acceptors (Lipinski definition) is 4. The number of amides is 2. The fourth-order valence-corrected chi connectivity index (χ4v) is 4.42. The summed E-state index contributed by atoms with van der Waals surface area (Å²) in [6.07, 6.45) is 5.97. The minimum atomic E-state index is -0.630. The Morgan fingerprint density at radius 1 is 1.29 bits per heavy atom. The number of nitriles is 1. The van der Waals surface area contributed by atoms with Crippen LogP contribution in [0.4, 0.5) is 0 Å². The smallest absolute Gasteiger partial charge is 0.262 e. The van der Waals surface area contributed by atoms with E-state index in [9.17, 15) is 14.9 Å². The van der Waals surface area contributed by atoms with Crippen LogP contribution in [0.2, 0.25) is 0 Å². The first-order valence-corrected chi connectivity index (χ1v) is 11.3. The molecule has 0 bridgehead atoms. The van der Waals surface area contributed by atoms with Crippen LogP contribution in [0.15, 0.2) is 11.6 Å². The largest absolute Gasteiger partial charge is 0.376 e. The average molecular weight is 427 g/mol. The lowest BCUT2D eigenvalue weighted by Gasteiger charge is -2.26. The first kappa shape index (κ1) is 23.1. The normalized spacial score (nSPS) is 20.2. The van der Waals surface area contributed by atoms with Crippen LogP contribution in [-0.4, -0.2) is 53.1 Å². The summed E-state index contributed by atoms with van der Waals surface area (Å²) in [5.41, 5.74) is 2.93. The highest BCUT2D eigenvalue weighted by Gasteiger charge is 2.31. The zero-order chi connectivity index (χ0) is 22.5. The quantitative estimate of drug-likeness (QED) is 0.536. The molecule has 2 fully saturated rings. The second-order valence-electron chi connectivity index (χ2n) is 8.97. The van der Waals surface area contributed by atoms with Gasteiger partial charge in [-0.1, -0.05) is 13.8 Å². The van der Waals surface area contributed by atoms with Crippen LogP contribution in [-0.2, 0) is 20.9 Å². The van der Waals surface area contributed by atoms with Crippen molar-refractivity contribution in [2.45, 2.75) is 72.1 Å². The van der Waals surface area contributed by atoms with Gasteiger partial charge in [0.1, 0.15) is 17.7 Å². The zero-order valence-electron chi connectivity index (χ0n) is 19.1. The van der Waals surface area contributed by atoms with E-state index >= 15 is 0 Å². The van der Waals surface area contributed by atoms with E-state index in [-0.39, 0.29) is 23.5 Å². The SMILES string of the molecule is Cc1cc(C=C(C#N)C(=O)N[C@H](C(=O)N2CCCC2)C(C)C)c(C)n1CC1CCCO1. The summed E-state index contributed by atoms with van der Waals surface area (Å²) in [6, 6.07) is 3.38. The molecule has 31 heavy (non-hydrogen) atoms. The van der Waals surface area contributed by atoms with Crippen molar-refractivity contribution < 1.29 is 14.3 Å². The monoisotopic (exact) mass is 426 g/mol. The van der Waals surface area contributed by atoms with E-state index in [1.165, 1.54) is 0 Å². The van der Waals surface area contributed by atoms with Crippen LogP contribution in [0.1, 0.15) is 56.5 Å². The number of aryl methyl sites for hydroxylation is 1. The molecule has 1 unspecified atom stereocenters. The Labute approximate surface area is 185 Å². The van der Waals surface area contributed by atoms with Crippen LogP contribution < -0.4 is 5.32 Å². The van der Waals surface area contributed by atoms with Crippen LogP contribution in [0, 0.1) is 31.1 Å². The molecule has 0 radical (unpaired) electrons. The molecule has 2 aliphatic heterocycles. The topological polar surface area (TPSA) is 87.4 Å². The van der Waals surface area contributed by atoms with Crippen molar-refractivity contribution in [3.05, 3.63) is 28.6 Å². The Balaban J connectivity index is 1.76. The lowest BCUT2D eigenvalue weighted by atomic mass is 10.0. The van der Waals surface area contributed by atoms with E-state index in [2.05, 4.69) is 9.88 Å². The standard InChI is InChI=1S/C24H34N4O3/c1-16(2)22(24(30)27-9-5-6-10-27)26-23(29)20(14-25)13-19-12-17(3)28(18(19)4)15-21-8-7-11-31-21/h12-13,16,21-22H,5-11,15H2,1-4H3,(H,26,29)/t21?,22-/m0/s1. The molecule has 3 heterocycles. The van der Waals surface area contributed by atoms with Crippen molar-refractivity contribution >= 4 is 17.9 Å². The summed E-state index contributed by atoms with van der Waals surface area (Å²) in [4.78, 5) is 27.6. The number of carbonyl (C=O) groups is 2. The summed E-state index contributed by atoms with van der Waals surface area (Å²) < 4.78 is 7.94. The molecule has 3 rings (SSSR count). The minimum absolute atomic E-state index is 0.0113. The van der Waals surface area contributed by atoms with Crippen molar-refractivity contribution in [1.29, 1.82) is 5.26 Å². The molecule has 7 nitrogen and oxygen atoms in total. The molecule has 2 atom stereocenters. The first-order valence-electron chi connectivity index (χ1n) is 11.3. The highest BCUT2D eigenvalue weighted by Crippen LogP contribution is 2.22. The Kier molecular flexibility index (Phi) is 7.55. The van der Waals surface area contributed by atoms with Crippen molar-refractivity contribution in [2.75, 3.05) is 19.7 Å². The Morgan fingerprint density at radius 3 is 2.58 bits per heavy atom. The third-order valence-electron chi connectivity index (χ3n) is 6.32. The van der Waals surface area contributed by atoms with E-state index in [4.69, 9.17) is 4.74 Å². The van der Waals surface area contributed by atoms with Crippen LogP contribution in [0.5, 0.6) is 0 Å². The summed E-state index contributed by atoms with van der Waals surface area (Å²) in [7, 11) is 0. The Hall–Kier alpha value is -2.59. The molecule has 1 N–H and O–H groups in total. The van der Waals surface area contributed by atoms with Crippen molar-refractivity contribution in [3.63, 3.8) is 0 Å². The van der Waals surface area contributed by atoms with Crippen molar-refractivity contribution in [2.24, 2.45) is 5.92 Å². The Morgan fingerprint density at radius 2 is 2.00 bits per heavy atom. The van der Waals surface area contributed by atoms with E-state index in [0.717, 1.165) is 68.9 Å². The van der Waals surface area contributed by atoms with Crippen LogP contribution in [0.25, 0.3) is 6.08 Å². The molecule has 1 aromatic rings. The maximum atomic E-state index is 12.9. The highest BCUT2D eigenvalue weighted by molar-refractivity contribution is 6.03. The van der Waals surface area contributed by atoms with E-state index in [0.29, 0.717) is 0 Å². The molecule has 168 valence electrons. The van der Waals surface area contributed by atoms with Gasteiger partial charge in [-0.3, -0.25) is 9.59 Å². The van der Waals surface area contributed by atoms with E-state index in [1.807, 2.05) is 39.8 Å². The van der Waals surface area contributed by atoms with Gasteiger partial charge in [0.15, 0.2) is 0 Å². The molecule has 2 aliphatic rings. The number of carbonyl (C=O) groups excluding carboxylic acids is 2. The number of likely N-dealkylation sites (tertiary alicyclic amines) is 1. The predicted molar refractivity (Wildman–Crippen MR) is 119 cm³/mol. The van der Waals surface area contributed by atoms with Crippen molar-refractivity contribution in [1.82, 2.24) is 14.8 Å². The van der Waals surface area contributed by atoms with Gasteiger partial charge < -0.3 is 19.5 Å². The molecule has 7 heteroatoms. The maximum absolute atomic E-state index is 12.9. The minimum Gasteiger partial charge on any atom is -0.376 e. The summed E-state index contributed by atoms with van der Waals surface area (Å²) >= 11 is 0. The number of rotatable bonds is 7. The van der Waals surface area contributed by atoms with Gasteiger partial charge in [-0.05, 0) is 63.2 Å². The molecule has 0 aliphatic carbocycles.